The molecular weight excluding hydrogens is 870 g/mol. The molecule has 1 saturated heterocycles. The molecule has 7 atom stereocenters. The molecule has 2 N–H and O–H groups in total. The van der Waals surface area contributed by atoms with E-state index in [4.69, 9.17) is 28.9 Å². The molecule has 0 radical (unpaired) electrons. The van der Waals surface area contributed by atoms with Gasteiger partial charge in [-0.2, -0.15) is 5.26 Å². The topological polar surface area (TPSA) is 143 Å². The number of nitrogens with zero attached hydrogens (tertiary/aromatic N) is 3. The predicted molar refractivity (Wildman–Crippen MR) is 255 cm³/mol. The first-order valence-corrected chi connectivity index (χ1v) is 24.7. The molecule has 2 heterocycles. The van der Waals surface area contributed by atoms with E-state index >= 15 is 4.79 Å². The standard InChI is InChI=1S/C54H60FN3O8S/c1-3-29-63-54-49(58(35-37-15-19-40(55)20-16-37)53(61)38-17-13-36(34-56)14-18-38)33-47(57-66-50-12-6-9-30-62-50)45-31-39(10-4-7-27-59)44(11-5-8-28-60)51(52(45)54)46-32-42(23-26-48(46)65-54)64-41-21-24-43(67-2)25-22-41/h3,13-26,31-32,39,44,49-52,59-60H,1,4-12,27-30,33,35H2,2H3/t39-,44+,49-,50?,51+,52+,54+/m0/s1. The van der Waals surface area contributed by atoms with E-state index in [1.165, 1.54) is 12.1 Å². The van der Waals surface area contributed by atoms with Crippen LogP contribution in [0.5, 0.6) is 17.2 Å². The summed E-state index contributed by atoms with van der Waals surface area (Å²) >= 11 is 1.66. The molecule has 4 aromatic rings. The first kappa shape index (κ1) is 48.0. The molecule has 67 heavy (non-hydrogen) atoms. The second-order valence-corrected chi connectivity index (χ2v) is 18.6. The Bertz CT molecular complexity index is 2420. The summed E-state index contributed by atoms with van der Waals surface area (Å²) in [6, 6.07) is 27.8. The number of hydrogen-bond donors (Lipinski definition) is 2. The lowest BCUT2D eigenvalue weighted by Crippen LogP contribution is -2.70. The van der Waals surface area contributed by atoms with Gasteiger partial charge < -0.3 is 38.9 Å². The quantitative estimate of drug-likeness (QED) is 0.0380. The maximum absolute atomic E-state index is 15.4. The summed E-state index contributed by atoms with van der Waals surface area (Å²) in [4.78, 5) is 24.6. The summed E-state index contributed by atoms with van der Waals surface area (Å²) in [5.41, 5.74) is 3.90. The fraction of sp³-hybridized carbons (Fsp3) is 0.426. The Morgan fingerprint density at radius 3 is 2.42 bits per heavy atom. The van der Waals surface area contributed by atoms with Crippen molar-refractivity contribution < 1.29 is 43.2 Å². The van der Waals surface area contributed by atoms with Gasteiger partial charge in [-0.25, -0.2) is 4.39 Å². The molecule has 8 rings (SSSR count). The Labute approximate surface area is 397 Å². The van der Waals surface area contributed by atoms with Crippen LogP contribution in [0.15, 0.2) is 125 Å². The molecule has 1 unspecified atom stereocenters. The van der Waals surface area contributed by atoms with Gasteiger partial charge in [0.25, 0.3) is 5.91 Å². The molecule has 11 nitrogen and oxygen atoms in total. The van der Waals surface area contributed by atoms with E-state index in [2.05, 4.69) is 24.8 Å². The Balaban J connectivity index is 1.35. The van der Waals surface area contributed by atoms with Gasteiger partial charge in [0, 0.05) is 54.5 Å². The van der Waals surface area contributed by atoms with Crippen molar-refractivity contribution in [3.05, 3.63) is 143 Å². The minimum absolute atomic E-state index is 0.00756. The monoisotopic (exact) mass is 929 g/mol. The number of rotatable bonds is 20. The predicted octanol–water partition coefficient (Wildman–Crippen LogP) is 10.7. The third-order valence-corrected chi connectivity index (χ3v) is 14.3. The van der Waals surface area contributed by atoms with Gasteiger partial charge in [0.15, 0.2) is 0 Å². The van der Waals surface area contributed by atoms with Crippen molar-refractivity contribution in [2.45, 2.75) is 99.7 Å². The van der Waals surface area contributed by atoms with Crippen LogP contribution in [0.3, 0.4) is 0 Å². The van der Waals surface area contributed by atoms with E-state index in [0.29, 0.717) is 65.5 Å². The smallest absolute Gasteiger partial charge is 0.254 e. The summed E-state index contributed by atoms with van der Waals surface area (Å²) < 4.78 is 41.7. The van der Waals surface area contributed by atoms with E-state index in [9.17, 15) is 19.9 Å². The summed E-state index contributed by atoms with van der Waals surface area (Å²) in [5.74, 6) is -1.21. The number of oxime groups is 1. The highest BCUT2D eigenvalue weighted by molar-refractivity contribution is 7.98. The fourth-order valence-electron chi connectivity index (χ4n) is 10.4. The first-order valence-electron chi connectivity index (χ1n) is 23.5. The molecule has 1 amide bonds. The van der Waals surface area contributed by atoms with Gasteiger partial charge in [-0.3, -0.25) is 4.79 Å². The maximum atomic E-state index is 15.4. The van der Waals surface area contributed by atoms with Gasteiger partial charge in [0.2, 0.25) is 12.1 Å². The largest absolute Gasteiger partial charge is 0.459 e. The van der Waals surface area contributed by atoms with Crippen LogP contribution < -0.4 is 9.47 Å². The molecule has 0 aromatic heterocycles. The Morgan fingerprint density at radius 2 is 1.73 bits per heavy atom. The van der Waals surface area contributed by atoms with Crippen molar-refractivity contribution in [3.8, 4) is 23.3 Å². The van der Waals surface area contributed by atoms with Crippen molar-refractivity contribution in [1.82, 2.24) is 4.90 Å². The Morgan fingerprint density at radius 1 is 0.985 bits per heavy atom. The molecular formula is C54H60FN3O8S. The van der Waals surface area contributed by atoms with Gasteiger partial charge in [0.1, 0.15) is 29.1 Å². The SMILES string of the molecule is C=CCO[C@@]12Oc3ccc(Oc4ccc(SC)cc4)cc3[C@H]3[C@H](CCCCO)[C@@H](CCCCO)C=C(C(=NOC4CCCCO4)C[C@@H]1N(Cc1ccc(F)cc1)C(=O)c1ccc(C#N)cc1)[C@H]32. The lowest BCUT2D eigenvalue weighted by atomic mass is 9.55. The number of hydrogen-bond acceptors (Lipinski definition) is 11. The summed E-state index contributed by atoms with van der Waals surface area (Å²) in [5, 5.41) is 34.7. The van der Waals surface area contributed by atoms with Crippen molar-refractivity contribution in [1.29, 1.82) is 5.26 Å². The number of allylic oxidation sites excluding steroid dienone is 1. The van der Waals surface area contributed by atoms with Crippen molar-refractivity contribution >= 4 is 23.4 Å². The normalized spacial score (nSPS) is 24.6. The maximum Gasteiger partial charge on any atom is 0.254 e. The highest BCUT2D eigenvalue weighted by atomic mass is 32.2. The van der Waals surface area contributed by atoms with Gasteiger partial charge in [-0.15, -0.1) is 18.3 Å². The third kappa shape index (κ3) is 10.8. The highest BCUT2D eigenvalue weighted by Crippen LogP contribution is 2.62. The van der Waals surface area contributed by atoms with Crippen LogP contribution in [0.1, 0.15) is 97.2 Å². The molecule has 1 saturated carbocycles. The number of carbonyl (C=O) groups excluding carboxylic acids is 1. The van der Waals surface area contributed by atoms with Crippen LogP contribution in [0, 0.1) is 34.9 Å². The van der Waals surface area contributed by atoms with Crippen molar-refractivity contribution in [2.24, 2.45) is 22.9 Å². The number of aliphatic hydroxyl groups excluding tert-OH is 2. The number of ether oxygens (including phenoxy) is 4. The average molecular weight is 930 g/mol. The lowest BCUT2D eigenvalue weighted by Gasteiger charge is -2.60. The van der Waals surface area contributed by atoms with Crippen LogP contribution in [0.2, 0.25) is 0 Å². The number of thioether (sulfide) groups is 1. The van der Waals surface area contributed by atoms with Gasteiger partial charge in [-0.05, 0) is 147 Å². The second kappa shape index (κ2) is 22.5. The summed E-state index contributed by atoms with van der Waals surface area (Å²) in [7, 11) is 0. The minimum Gasteiger partial charge on any atom is -0.459 e. The molecule has 4 aliphatic rings. The van der Waals surface area contributed by atoms with E-state index in [1.807, 2.05) is 42.7 Å². The molecule has 0 spiro atoms. The number of halogens is 1. The van der Waals surface area contributed by atoms with Gasteiger partial charge in [0.05, 0.1) is 36.5 Å². The molecule has 0 bridgehead atoms. The fourth-order valence-corrected chi connectivity index (χ4v) is 10.8. The number of carbonyl (C=O) groups is 1. The van der Waals surface area contributed by atoms with E-state index in [1.54, 1.807) is 59.1 Å². The highest BCUT2D eigenvalue weighted by Gasteiger charge is 2.65. The second-order valence-electron chi connectivity index (χ2n) is 17.7. The van der Waals surface area contributed by atoms with Crippen LogP contribution in [-0.4, -0.2) is 77.5 Å². The zero-order valence-corrected chi connectivity index (χ0v) is 38.9. The number of aliphatic hydroxyl groups is 2. The number of benzene rings is 4. The van der Waals surface area contributed by atoms with E-state index in [0.717, 1.165) is 54.6 Å². The summed E-state index contributed by atoms with van der Waals surface area (Å²) in [6.07, 6.45) is 12.6. The van der Waals surface area contributed by atoms with E-state index in [-0.39, 0.29) is 56.4 Å². The van der Waals surface area contributed by atoms with Gasteiger partial charge in [-0.1, -0.05) is 42.3 Å². The molecule has 2 aliphatic heterocycles. The average Bonchev–Trinajstić information content (AvgIpc) is 3.36. The summed E-state index contributed by atoms with van der Waals surface area (Å²) in [6.45, 7) is 4.91. The molecule has 13 heteroatoms. The zero-order chi connectivity index (χ0) is 46.8. The number of amides is 1. The van der Waals surface area contributed by atoms with E-state index < -0.39 is 29.9 Å². The number of nitriles is 1. The minimum atomic E-state index is -1.54. The van der Waals surface area contributed by atoms with Crippen LogP contribution in [-0.2, 0) is 20.9 Å². The van der Waals surface area contributed by atoms with Gasteiger partial charge >= 0.3 is 0 Å². The Hall–Kier alpha value is -5.49. The lowest BCUT2D eigenvalue weighted by molar-refractivity contribution is -0.255. The molecule has 2 fully saturated rings. The number of fused-ring (bicyclic) bond motifs is 2. The first-order chi connectivity index (χ1) is 32.8. The number of unbranched alkanes of at least 4 members (excludes halogenated alkanes) is 2. The molecule has 4 aromatic carbocycles. The third-order valence-electron chi connectivity index (χ3n) is 13.5. The Kier molecular flexibility index (Phi) is 16.1. The molecule has 2 aliphatic carbocycles. The van der Waals surface area contributed by atoms with Crippen LogP contribution in [0.4, 0.5) is 4.39 Å². The van der Waals surface area contributed by atoms with Crippen LogP contribution in [0.25, 0.3) is 0 Å². The zero-order valence-electron chi connectivity index (χ0n) is 38.1. The van der Waals surface area contributed by atoms with Crippen molar-refractivity contribution in [3.63, 3.8) is 0 Å². The van der Waals surface area contributed by atoms with Crippen LogP contribution >= 0.6 is 11.8 Å². The molecule has 352 valence electrons. The van der Waals surface area contributed by atoms with Crippen molar-refractivity contribution in [2.75, 3.05) is 32.7 Å².